The average molecular weight is 186 g/mol. The van der Waals surface area contributed by atoms with Gasteiger partial charge < -0.3 is 5.32 Å². The Labute approximate surface area is 84.6 Å². The van der Waals surface area contributed by atoms with Gasteiger partial charge in [-0.15, -0.1) is 0 Å². The largest absolute Gasteiger partial charge is 0.310 e. The van der Waals surface area contributed by atoms with Crippen LogP contribution in [0.2, 0.25) is 0 Å². The minimum Gasteiger partial charge on any atom is -0.310 e. The van der Waals surface area contributed by atoms with Gasteiger partial charge in [-0.25, -0.2) is 0 Å². The molecule has 0 unspecified atom stereocenters. The molecule has 0 radical (unpaired) electrons. The first-order chi connectivity index (χ1) is 6.81. The lowest BCUT2D eigenvalue weighted by Gasteiger charge is -2.11. The molecule has 1 fully saturated rings. The molecule has 0 bridgehead atoms. The molecule has 1 saturated heterocycles. The molecular weight excluding hydrogens is 172 g/mol. The lowest BCUT2D eigenvalue weighted by molar-refractivity contribution is 0.647. The minimum absolute atomic E-state index is 0.461. The first kappa shape index (κ1) is 9.23. The predicted molar refractivity (Wildman–Crippen MR) is 55.9 cm³/mol. The van der Waals surface area contributed by atoms with E-state index in [2.05, 4.69) is 17.5 Å². The zero-order chi connectivity index (χ0) is 9.97. The smallest absolute Gasteiger partial charge is 0.0994 e. The summed E-state index contributed by atoms with van der Waals surface area (Å²) in [6, 6.07) is 8.86. The van der Waals surface area contributed by atoms with Gasteiger partial charge in [0, 0.05) is 6.04 Å². The summed E-state index contributed by atoms with van der Waals surface area (Å²) < 4.78 is 0. The van der Waals surface area contributed by atoms with E-state index >= 15 is 0 Å². The van der Waals surface area contributed by atoms with Gasteiger partial charge in [0.15, 0.2) is 0 Å². The number of hydrogen-bond donors (Lipinski definition) is 1. The van der Waals surface area contributed by atoms with Crippen LogP contribution in [0, 0.1) is 18.3 Å². The lowest BCUT2D eigenvalue weighted by Crippen LogP contribution is -2.12. The summed E-state index contributed by atoms with van der Waals surface area (Å²) in [5.41, 5.74) is 3.12. The number of nitriles is 1. The van der Waals surface area contributed by atoms with Crippen molar-refractivity contribution >= 4 is 0 Å². The van der Waals surface area contributed by atoms with Gasteiger partial charge in [-0.05, 0) is 43.5 Å². The third-order valence-corrected chi connectivity index (χ3v) is 2.84. The van der Waals surface area contributed by atoms with Gasteiger partial charge in [0.2, 0.25) is 0 Å². The molecule has 1 heterocycles. The van der Waals surface area contributed by atoms with Crippen molar-refractivity contribution in [1.29, 1.82) is 5.26 Å². The first-order valence-corrected chi connectivity index (χ1v) is 5.05. The topological polar surface area (TPSA) is 35.8 Å². The van der Waals surface area contributed by atoms with Gasteiger partial charge in [0.1, 0.15) is 0 Å². The van der Waals surface area contributed by atoms with E-state index in [1.807, 2.05) is 19.1 Å². The second kappa shape index (κ2) is 3.81. The molecule has 1 N–H and O–H groups in total. The van der Waals surface area contributed by atoms with E-state index in [9.17, 15) is 0 Å². The monoisotopic (exact) mass is 186 g/mol. The zero-order valence-corrected chi connectivity index (χ0v) is 8.38. The highest BCUT2D eigenvalue weighted by Crippen LogP contribution is 2.24. The molecule has 1 aromatic rings. The third kappa shape index (κ3) is 1.64. The second-order valence-electron chi connectivity index (χ2n) is 3.84. The molecular formula is C12H14N2. The molecule has 1 aliphatic rings. The summed E-state index contributed by atoms with van der Waals surface area (Å²) in [5.74, 6) is 0. The number of rotatable bonds is 1. The first-order valence-electron chi connectivity index (χ1n) is 5.05. The number of aryl methyl sites for hydroxylation is 1. The second-order valence-corrected chi connectivity index (χ2v) is 3.84. The summed E-state index contributed by atoms with van der Waals surface area (Å²) in [7, 11) is 0. The van der Waals surface area contributed by atoms with E-state index in [0.717, 1.165) is 17.7 Å². The molecule has 0 saturated carbocycles. The van der Waals surface area contributed by atoms with Gasteiger partial charge in [0.25, 0.3) is 0 Å². The Hall–Kier alpha value is -1.33. The normalized spacial score (nSPS) is 20.7. The van der Waals surface area contributed by atoms with E-state index in [1.165, 1.54) is 18.4 Å². The molecule has 1 aliphatic heterocycles. The highest BCUT2D eigenvalue weighted by molar-refractivity contribution is 5.40. The molecule has 0 aliphatic carbocycles. The Balaban J connectivity index is 2.31. The Morgan fingerprint density at radius 2 is 2.36 bits per heavy atom. The molecule has 0 amide bonds. The molecule has 2 heteroatoms. The van der Waals surface area contributed by atoms with Crippen molar-refractivity contribution in [3.05, 3.63) is 34.9 Å². The fourth-order valence-electron chi connectivity index (χ4n) is 1.95. The van der Waals surface area contributed by atoms with Crippen LogP contribution >= 0.6 is 0 Å². The Bertz CT molecular complexity index is 370. The highest BCUT2D eigenvalue weighted by Gasteiger charge is 2.16. The summed E-state index contributed by atoms with van der Waals surface area (Å²) in [6.07, 6.45) is 2.42. The standard InChI is InChI=1S/C12H14N2/c1-9-4-5-10(7-11(9)8-13)12-3-2-6-14-12/h4-5,7,12,14H,2-3,6H2,1H3/t12-/m0/s1. The van der Waals surface area contributed by atoms with E-state index < -0.39 is 0 Å². The van der Waals surface area contributed by atoms with Crippen LogP contribution in [0.15, 0.2) is 18.2 Å². The van der Waals surface area contributed by atoms with Gasteiger partial charge in [-0.2, -0.15) is 5.26 Å². The molecule has 2 rings (SSSR count). The molecule has 2 nitrogen and oxygen atoms in total. The van der Waals surface area contributed by atoms with Gasteiger partial charge >= 0.3 is 0 Å². The van der Waals surface area contributed by atoms with Gasteiger partial charge in [-0.3, -0.25) is 0 Å². The van der Waals surface area contributed by atoms with Crippen molar-refractivity contribution in [2.24, 2.45) is 0 Å². The molecule has 14 heavy (non-hydrogen) atoms. The van der Waals surface area contributed by atoms with Crippen molar-refractivity contribution in [3.8, 4) is 6.07 Å². The quantitative estimate of drug-likeness (QED) is 0.730. The third-order valence-electron chi connectivity index (χ3n) is 2.84. The molecule has 72 valence electrons. The Morgan fingerprint density at radius 1 is 1.50 bits per heavy atom. The summed E-state index contributed by atoms with van der Waals surface area (Å²) in [4.78, 5) is 0. The fraction of sp³-hybridized carbons (Fsp3) is 0.417. The van der Waals surface area contributed by atoms with Crippen LogP contribution in [-0.2, 0) is 0 Å². The molecule has 0 aromatic heterocycles. The van der Waals surface area contributed by atoms with Crippen molar-refractivity contribution in [3.63, 3.8) is 0 Å². The summed E-state index contributed by atoms with van der Waals surface area (Å²) in [6.45, 7) is 3.07. The lowest BCUT2D eigenvalue weighted by atomic mass is 10.00. The number of nitrogens with one attached hydrogen (secondary N) is 1. The zero-order valence-electron chi connectivity index (χ0n) is 8.38. The van der Waals surface area contributed by atoms with Crippen LogP contribution in [0.25, 0.3) is 0 Å². The predicted octanol–water partition coefficient (Wildman–Crippen LogP) is 2.29. The minimum atomic E-state index is 0.461. The van der Waals surface area contributed by atoms with E-state index in [-0.39, 0.29) is 0 Å². The van der Waals surface area contributed by atoms with Crippen molar-refractivity contribution in [1.82, 2.24) is 5.32 Å². The number of nitrogens with zero attached hydrogens (tertiary/aromatic N) is 1. The Morgan fingerprint density at radius 3 is 3.00 bits per heavy atom. The molecule has 1 atom stereocenters. The highest BCUT2D eigenvalue weighted by atomic mass is 14.9. The van der Waals surface area contributed by atoms with Crippen LogP contribution in [-0.4, -0.2) is 6.54 Å². The molecule has 0 spiro atoms. The Kier molecular flexibility index (Phi) is 2.51. The average Bonchev–Trinajstić information content (AvgIpc) is 2.71. The van der Waals surface area contributed by atoms with Gasteiger partial charge in [-0.1, -0.05) is 12.1 Å². The summed E-state index contributed by atoms with van der Waals surface area (Å²) >= 11 is 0. The maximum absolute atomic E-state index is 8.92. The van der Waals surface area contributed by atoms with Crippen molar-refractivity contribution in [2.75, 3.05) is 6.54 Å². The number of hydrogen-bond acceptors (Lipinski definition) is 2. The number of benzene rings is 1. The maximum atomic E-state index is 8.92. The SMILES string of the molecule is Cc1ccc([C@@H]2CCCN2)cc1C#N. The maximum Gasteiger partial charge on any atom is 0.0994 e. The van der Waals surface area contributed by atoms with E-state index in [0.29, 0.717) is 6.04 Å². The van der Waals surface area contributed by atoms with Crippen LogP contribution in [0.4, 0.5) is 0 Å². The summed E-state index contributed by atoms with van der Waals surface area (Å²) in [5, 5.41) is 12.3. The fourth-order valence-corrected chi connectivity index (χ4v) is 1.95. The van der Waals surface area contributed by atoms with Crippen LogP contribution in [0.3, 0.4) is 0 Å². The van der Waals surface area contributed by atoms with Crippen molar-refractivity contribution < 1.29 is 0 Å². The van der Waals surface area contributed by atoms with Crippen molar-refractivity contribution in [2.45, 2.75) is 25.8 Å². The van der Waals surface area contributed by atoms with Crippen LogP contribution in [0.5, 0.6) is 0 Å². The van der Waals surface area contributed by atoms with Gasteiger partial charge in [0.05, 0.1) is 11.6 Å². The van der Waals surface area contributed by atoms with Crippen LogP contribution < -0.4 is 5.32 Å². The van der Waals surface area contributed by atoms with E-state index in [1.54, 1.807) is 0 Å². The molecule has 1 aromatic carbocycles. The van der Waals surface area contributed by atoms with Crippen LogP contribution in [0.1, 0.15) is 35.6 Å². The van der Waals surface area contributed by atoms with E-state index in [4.69, 9.17) is 5.26 Å².